The zero-order chi connectivity index (χ0) is 16.2. The fourth-order valence-electron chi connectivity index (χ4n) is 4.00. The normalized spacial score (nSPS) is 21.2. The molecule has 1 amide bonds. The monoisotopic (exact) mass is 315 g/mol. The van der Waals surface area contributed by atoms with Crippen LogP contribution in [0.15, 0.2) is 24.3 Å². The highest BCUT2D eigenvalue weighted by Gasteiger charge is 2.28. The summed E-state index contributed by atoms with van der Waals surface area (Å²) >= 11 is 0. The first kappa shape index (κ1) is 16.0. The number of carboxylic acids is 1. The molecule has 4 heteroatoms. The summed E-state index contributed by atoms with van der Waals surface area (Å²) in [5.74, 6) is 0.387. The molecule has 0 spiro atoms. The van der Waals surface area contributed by atoms with Gasteiger partial charge in [0.15, 0.2) is 0 Å². The number of piperidine rings is 1. The fourth-order valence-corrected chi connectivity index (χ4v) is 4.00. The molecule has 1 N–H and O–H groups in total. The summed E-state index contributed by atoms with van der Waals surface area (Å²) in [6, 6.07) is 8.48. The van der Waals surface area contributed by atoms with Crippen LogP contribution >= 0.6 is 0 Å². The van der Waals surface area contributed by atoms with Gasteiger partial charge in [-0.1, -0.05) is 24.3 Å². The molecule has 2 aliphatic rings. The third kappa shape index (κ3) is 3.92. The Hall–Kier alpha value is -1.84. The predicted molar refractivity (Wildman–Crippen MR) is 88.3 cm³/mol. The first-order chi connectivity index (χ1) is 11.1. The molecule has 1 aromatic rings. The maximum absolute atomic E-state index is 12.6. The third-order valence-electron chi connectivity index (χ3n) is 5.41. The van der Waals surface area contributed by atoms with Crippen molar-refractivity contribution in [3.05, 3.63) is 35.4 Å². The topological polar surface area (TPSA) is 57.6 Å². The highest BCUT2D eigenvalue weighted by molar-refractivity contribution is 5.77. The minimum Gasteiger partial charge on any atom is -0.481 e. The number of carbonyl (C=O) groups is 2. The summed E-state index contributed by atoms with van der Waals surface area (Å²) in [5, 5.41) is 8.76. The van der Waals surface area contributed by atoms with E-state index in [-0.39, 0.29) is 12.3 Å². The van der Waals surface area contributed by atoms with E-state index in [9.17, 15) is 9.59 Å². The summed E-state index contributed by atoms with van der Waals surface area (Å²) < 4.78 is 0. The van der Waals surface area contributed by atoms with Crippen LogP contribution in [-0.2, 0) is 16.0 Å². The zero-order valence-corrected chi connectivity index (χ0v) is 13.5. The van der Waals surface area contributed by atoms with Crippen LogP contribution in [0.2, 0.25) is 0 Å². The van der Waals surface area contributed by atoms with E-state index in [2.05, 4.69) is 24.3 Å². The van der Waals surface area contributed by atoms with E-state index in [0.29, 0.717) is 18.3 Å². The van der Waals surface area contributed by atoms with Gasteiger partial charge in [0.2, 0.25) is 5.91 Å². The van der Waals surface area contributed by atoms with E-state index >= 15 is 0 Å². The van der Waals surface area contributed by atoms with Crippen molar-refractivity contribution in [3.63, 3.8) is 0 Å². The number of carboxylic acid groups (broad SMARTS) is 1. The highest BCUT2D eigenvalue weighted by Crippen LogP contribution is 2.36. The van der Waals surface area contributed by atoms with Crippen molar-refractivity contribution in [2.45, 2.75) is 50.9 Å². The summed E-state index contributed by atoms with van der Waals surface area (Å²) in [7, 11) is 0. The zero-order valence-electron chi connectivity index (χ0n) is 13.5. The Balaban J connectivity index is 1.48. The molecule has 1 saturated heterocycles. The quantitative estimate of drug-likeness (QED) is 0.907. The number of nitrogens with zero attached hydrogens (tertiary/aromatic N) is 1. The molecular formula is C19H25NO3. The fraction of sp³-hybridized carbons (Fsp3) is 0.579. The van der Waals surface area contributed by atoms with Gasteiger partial charge in [-0.2, -0.15) is 0 Å². The summed E-state index contributed by atoms with van der Waals surface area (Å²) in [4.78, 5) is 25.2. The van der Waals surface area contributed by atoms with Crippen molar-refractivity contribution in [1.82, 2.24) is 4.90 Å². The Kier molecular flexibility index (Phi) is 4.99. The van der Waals surface area contributed by atoms with E-state index in [1.54, 1.807) is 0 Å². The molecule has 1 aliphatic heterocycles. The van der Waals surface area contributed by atoms with Crippen molar-refractivity contribution in [1.29, 1.82) is 0 Å². The number of benzene rings is 1. The molecule has 0 saturated carbocycles. The van der Waals surface area contributed by atoms with Gasteiger partial charge in [-0.05, 0) is 55.1 Å². The van der Waals surface area contributed by atoms with E-state index in [0.717, 1.165) is 45.2 Å². The number of hydrogen-bond donors (Lipinski definition) is 1. The van der Waals surface area contributed by atoms with Crippen LogP contribution in [0.25, 0.3) is 0 Å². The number of fused-ring (bicyclic) bond motifs is 1. The maximum atomic E-state index is 12.6. The smallest absolute Gasteiger partial charge is 0.303 e. The standard InChI is InChI=1S/C19H25NO3/c21-18(13-16-7-6-15-3-1-2-4-17(15)16)20-11-9-14(10-12-20)5-8-19(22)23/h1-4,14,16H,5-13H2,(H,22,23). The van der Waals surface area contributed by atoms with Gasteiger partial charge >= 0.3 is 5.97 Å². The number of carbonyl (C=O) groups excluding carboxylic acids is 1. The summed E-state index contributed by atoms with van der Waals surface area (Å²) in [5.41, 5.74) is 2.76. The lowest BCUT2D eigenvalue weighted by Gasteiger charge is -2.32. The number of aryl methyl sites for hydroxylation is 1. The average Bonchev–Trinajstić information content (AvgIpc) is 2.96. The minimum absolute atomic E-state index is 0.247. The van der Waals surface area contributed by atoms with Crippen molar-refractivity contribution in [2.75, 3.05) is 13.1 Å². The number of amides is 1. The second-order valence-corrected chi connectivity index (χ2v) is 6.90. The Bertz CT molecular complexity index is 576. The molecule has 1 unspecified atom stereocenters. The van der Waals surface area contributed by atoms with Gasteiger partial charge in [0, 0.05) is 25.9 Å². The molecule has 0 radical (unpaired) electrons. The summed E-state index contributed by atoms with van der Waals surface area (Å²) in [6.45, 7) is 1.58. The van der Waals surface area contributed by atoms with Crippen molar-refractivity contribution in [3.8, 4) is 0 Å². The molecule has 1 atom stereocenters. The van der Waals surface area contributed by atoms with Gasteiger partial charge in [0.1, 0.15) is 0 Å². The largest absolute Gasteiger partial charge is 0.481 e. The van der Waals surface area contributed by atoms with E-state index in [4.69, 9.17) is 5.11 Å². The van der Waals surface area contributed by atoms with Gasteiger partial charge in [-0.3, -0.25) is 9.59 Å². The lowest BCUT2D eigenvalue weighted by atomic mass is 9.91. The van der Waals surface area contributed by atoms with Crippen LogP contribution in [-0.4, -0.2) is 35.0 Å². The van der Waals surface area contributed by atoms with Gasteiger partial charge < -0.3 is 10.0 Å². The van der Waals surface area contributed by atoms with E-state index in [1.807, 2.05) is 4.90 Å². The van der Waals surface area contributed by atoms with Crippen LogP contribution in [0.5, 0.6) is 0 Å². The second kappa shape index (κ2) is 7.16. The molecule has 1 aromatic carbocycles. The first-order valence-corrected chi connectivity index (χ1v) is 8.71. The molecule has 23 heavy (non-hydrogen) atoms. The molecule has 4 nitrogen and oxygen atoms in total. The number of hydrogen-bond acceptors (Lipinski definition) is 2. The van der Waals surface area contributed by atoms with E-state index < -0.39 is 5.97 Å². The molecule has 124 valence electrons. The minimum atomic E-state index is -0.719. The molecule has 3 rings (SSSR count). The molecular weight excluding hydrogens is 290 g/mol. The Morgan fingerprint density at radius 1 is 1.13 bits per heavy atom. The number of likely N-dealkylation sites (tertiary alicyclic amines) is 1. The maximum Gasteiger partial charge on any atom is 0.303 e. The first-order valence-electron chi connectivity index (χ1n) is 8.71. The van der Waals surface area contributed by atoms with Crippen LogP contribution < -0.4 is 0 Å². The SMILES string of the molecule is O=C(O)CCC1CCN(C(=O)CC2CCc3ccccc32)CC1. The van der Waals surface area contributed by atoms with Gasteiger partial charge in [0.05, 0.1) is 0 Å². The lowest BCUT2D eigenvalue weighted by Crippen LogP contribution is -2.39. The highest BCUT2D eigenvalue weighted by atomic mass is 16.4. The average molecular weight is 315 g/mol. The summed E-state index contributed by atoms with van der Waals surface area (Å²) in [6.07, 6.45) is 5.67. The molecule has 0 aromatic heterocycles. The van der Waals surface area contributed by atoms with Crippen molar-refractivity contribution in [2.24, 2.45) is 5.92 Å². The number of rotatable bonds is 5. The van der Waals surface area contributed by atoms with Crippen molar-refractivity contribution >= 4 is 11.9 Å². The Labute approximate surface area is 137 Å². The Morgan fingerprint density at radius 3 is 2.61 bits per heavy atom. The molecule has 1 heterocycles. The van der Waals surface area contributed by atoms with Gasteiger partial charge in [0.25, 0.3) is 0 Å². The van der Waals surface area contributed by atoms with Crippen molar-refractivity contribution < 1.29 is 14.7 Å². The Morgan fingerprint density at radius 2 is 1.87 bits per heavy atom. The third-order valence-corrected chi connectivity index (χ3v) is 5.41. The second-order valence-electron chi connectivity index (χ2n) is 6.90. The predicted octanol–water partition coefficient (Wildman–Crippen LogP) is 3.21. The van der Waals surface area contributed by atoms with Crippen LogP contribution in [0.3, 0.4) is 0 Å². The molecule has 0 bridgehead atoms. The van der Waals surface area contributed by atoms with Crippen LogP contribution in [0.4, 0.5) is 0 Å². The molecule has 1 aliphatic carbocycles. The van der Waals surface area contributed by atoms with Crippen LogP contribution in [0.1, 0.15) is 55.6 Å². The van der Waals surface area contributed by atoms with Gasteiger partial charge in [-0.25, -0.2) is 0 Å². The van der Waals surface area contributed by atoms with Gasteiger partial charge in [-0.15, -0.1) is 0 Å². The lowest BCUT2D eigenvalue weighted by molar-refractivity contribution is -0.138. The number of aliphatic carboxylic acids is 1. The van der Waals surface area contributed by atoms with Crippen LogP contribution in [0, 0.1) is 5.92 Å². The van der Waals surface area contributed by atoms with E-state index in [1.165, 1.54) is 11.1 Å². The molecule has 1 fully saturated rings.